The number of piperidine rings is 1. The van der Waals surface area contributed by atoms with Crippen LogP contribution >= 0.6 is 0 Å². The van der Waals surface area contributed by atoms with Gasteiger partial charge in [0.05, 0.1) is 17.9 Å². The van der Waals surface area contributed by atoms with Gasteiger partial charge < -0.3 is 14.5 Å². The third-order valence-corrected chi connectivity index (χ3v) is 6.97. The summed E-state index contributed by atoms with van der Waals surface area (Å²) in [5.74, 6) is -2.55. The number of rotatable bonds is 3. The van der Waals surface area contributed by atoms with Crippen LogP contribution in [0.25, 0.3) is 11.3 Å². The van der Waals surface area contributed by atoms with E-state index in [1.807, 2.05) is 36.5 Å². The molecule has 1 unspecified atom stereocenters. The van der Waals surface area contributed by atoms with Crippen molar-refractivity contribution in [1.82, 2.24) is 24.6 Å². The number of carbonyl (C=O) groups excluding carboxylic acids is 1. The second-order valence-corrected chi connectivity index (χ2v) is 10.6. The van der Waals surface area contributed by atoms with Crippen LogP contribution in [0, 0.1) is 0 Å². The summed E-state index contributed by atoms with van der Waals surface area (Å²) in [6.45, 7) is 9.58. The average molecular weight is 475 g/mol. The Morgan fingerprint density at radius 1 is 1.15 bits per heavy atom. The van der Waals surface area contributed by atoms with Crippen LogP contribution in [-0.4, -0.2) is 62.0 Å². The van der Waals surface area contributed by atoms with Gasteiger partial charge in [-0.1, -0.05) is 0 Å². The van der Waals surface area contributed by atoms with E-state index in [-0.39, 0.29) is 36.7 Å². The minimum absolute atomic E-state index is 0.124. The highest BCUT2D eigenvalue weighted by Crippen LogP contribution is 2.45. The Bertz CT molecular complexity index is 1090. The molecular weight excluding hydrogens is 442 g/mol. The summed E-state index contributed by atoms with van der Waals surface area (Å²) in [6, 6.07) is 0.373. The largest absolute Gasteiger partial charge is 0.444 e. The van der Waals surface area contributed by atoms with Crippen molar-refractivity contribution in [3.63, 3.8) is 0 Å². The maximum atomic E-state index is 14.6. The summed E-state index contributed by atoms with van der Waals surface area (Å²) in [4.78, 5) is 25.1. The maximum Gasteiger partial charge on any atom is 0.410 e. The van der Waals surface area contributed by atoms with E-state index in [4.69, 9.17) is 9.72 Å². The summed E-state index contributed by atoms with van der Waals surface area (Å²) in [5, 5.41) is 4.55. The molecule has 8 nitrogen and oxygen atoms in total. The molecule has 5 rings (SSSR count). The van der Waals surface area contributed by atoms with Gasteiger partial charge >= 0.3 is 6.09 Å². The normalized spacial score (nSPS) is 22.5. The van der Waals surface area contributed by atoms with Gasteiger partial charge in [-0.25, -0.2) is 14.8 Å². The van der Waals surface area contributed by atoms with Gasteiger partial charge in [-0.3, -0.25) is 4.68 Å². The first-order valence-corrected chi connectivity index (χ1v) is 12.1. The van der Waals surface area contributed by atoms with Crippen LogP contribution in [0.1, 0.15) is 70.7 Å². The van der Waals surface area contributed by atoms with Gasteiger partial charge in [-0.2, -0.15) is 13.9 Å². The Labute approximate surface area is 198 Å². The fourth-order valence-electron chi connectivity index (χ4n) is 4.89. The van der Waals surface area contributed by atoms with E-state index in [1.165, 1.54) is 0 Å². The SMILES string of the molecule is CC1CCN1c1nc(-c2cnn(C3CCN(C(=O)OC(C)(C)C)CC3)c2)c2c(n1)C(F)(F)CC2. The summed E-state index contributed by atoms with van der Waals surface area (Å²) in [7, 11) is 0. The fraction of sp³-hybridized carbons (Fsp3) is 0.667. The molecule has 1 atom stereocenters. The topological polar surface area (TPSA) is 76.4 Å². The molecule has 2 saturated heterocycles. The lowest BCUT2D eigenvalue weighted by atomic mass is 10.0. The molecule has 0 radical (unpaired) electrons. The summed E-state index contributed by atoms with van der Waals surface area (Å²) < 4.78 is 36.6. The molecule has 2 aromatic rings. The standard InChI is InChI=1S/C24H32F2N6O2/c1-15-6-12-31(15)21-28-19(18-5-9-24(25,26)20(18)29-21)16-13-27-32(14-16)17-7-10-30(11-8-17)22(33)34-23(2,3)4/h13-15,17H,5-12H2,1-4H3. The third kappa shape index (κ3) is 4.22. The van der Waals surface area contributed by atoms with E-state index in [0.29, 0.717) is 30.3 Å². The molecule has 0 bridgehead atoms. The van der Waals surface area contributed by atoms with Crippen LogP contribution in [0.3, 0.4) is 0 Å². The predicted octanol–water partition coefficient (Wildman–Crippen LogP) is 4.55. The van der Waals surface area contributed by atoms with Crippen molar-refractivity contribution in [3.05, 3.63) is 23.7 Å². The maximum absolute atomic E-state index is 14.6. The molecule has 2 fully saturated rings. The van der Waals surface area contributed by atoms with Gasteiger partial charge in [0.15, 0.2) is 0 Å². The van der Waals surface area contributed by atoms with Gasteiger partial charge in [-0.05, 0) is 53.4 Å². The minimum atomic E-state index is -2.93. The first-order chi connectivity index (χ1) is 16.0. The Kier molecular flexibility index (Phi) is 5.52. The van der Waals surface area contributed by atoms with Crippen molar-refractivity contribution >= 4 is 12.0 Å². The summed E-state index contributed by atoms with van der Waals surface area (Å²) >= 11 is 0. The fourth-order valence-corrected chi connectivity index (χ4v) is 4.89. The van der Waals surface area contributed by atoms with Gasteiger partial charge in [0.25, 0.3) is 5.92 Å². The number of fused-ring (bicyclic) bond motifs is 1. The van der Waals surface area contributed by atoms with E-state index in [1.54, 1.807) is 11.1 Å². The quantitative estimate of drug-likeness (QED) is 0.650. The van der Waals surface area contributed by atoms with Gasteiger partial charge in [0, 0.05) is 49.4 Å². The highest BCUT2D eigenvalue weighted by atomic mass is 19.3. The zero-order valence-electron chi connectivity index (χ0n) is 20.2. The highest BCUT2D eigenvalue weighted by Gasteiger charge is 2.44. The number of likely N-dealkylation sites (tertiary alicyclic amines) is 1. The number of aromatic nitrogens is 4. The van der Waals surface area contributed by atoms with E-state index >= 15 is 0 Å². The number of amides is 1. The number of carbonyl (C=O) groups is 1. The smallest absolute Gasteiger partial charge is 0.410 e. The van der Waals surface area contributed by atoms with Crippen molar-refractivity contribution in [1.29, 1.82) is 0 Å². The third-order valence-electron chi connectivity index (χ3n) is 6.97. The van der Waals surface area contributed by atoms with Gasteiger partial charge in [0.1, 0.15) is 11.3 Å². The number of nitrogens with zero attached hydrogens (tertiary/aromatic N) is 6. The predicted molar refractivity (Wildman–Crippen MR) is 123 cm³/mol. The summed E-state index contributed by atoms with van der Waals surface area (Å²) in [6.07, 6.45) is 5.84. The van der Waals surface area contributed by atoms with E-state index < -0.39 is 11.5 Å². The minimum Gasteiger partial charge on any atom is -0.444 e. The second kappa shape index (κ2) is 8.16. The van der Waals surface area contributed by atoms with Crippen LogP contribution < -0.4 is 4.90 Å². The molecule has 0 N–H and O–H groups in total. The molecule has 0 spiro atoms. The van der Waals surface area contributed by atoms with Crippen molar-refractivity contribution in [2.45, 2.75) is 83.4 Å². The average Bonchev–Trinajstić information content (AvgIpc) is 3.36. The zero-order valence-corrected chi connectivity index (χ0v) is 20.2. The molecule has 0 saturated carbocycles. The molecule has 1 amide bonds. The van der Waals surface area contributed by atoms with Crippen molar-refractivity contribution < 1.29 is 18.3 Å². The molecule has 184 valence electrons. The Morgan fingerprint density at radius 2 is 1.88 bits per heavy atom. The van der Waals surface area contributed by atoms with E-state index in [9.17, 15) is 13.6 Å². The number of hydrogen-bond donors (Lipinski definition) is 0. The van der Waals surface area contributed by atoms with Crippen LogP contribution in [0.5, 0.6) is 0 Å². The van der Waals surface area contributed by atoms with E-state index in [2.05, 4.69) is 17.0 Å². The molecule has 10 heteroatoms. The first kappa shape index (κ1) is 23.0. The number of halogens is 2. The molecule has 4 heterocycles. The Morgan fingerprint density at radius 3 is 2.50 bits per heavy atom. The number of hydrogen-bond acceptors (Lipinski definition) is 6. The second-order valence-electron chi connectivity index (χ2n) is 10.6. The van der Waals surface area contributed by atoms with Crippen molar-refractivity contribution in [2.24, 2.45) is 0 Å². The van der Waals surface area contributed by atoms with Crippen molar-refractivity contribution in [3.8, 4) is 11.3 Å². The van der Waals surface area contributed by atoms with Crippen LogP contribution in [0.2, 0.25) is 0 Å². The lowest BCUT2D eigenvalue weighted by molar-refractivity contribution is -0.00597. The number of ether oxygens (including phenoxy) is 1. The summed E-state index contributed by atoms with van der Waals surface area (Å²) in [5.41, 5.74) is 1.17. The molecule has 0 aromatic carbocycles. The highest BCUT2D eigenvalue weighted by molar-refractivity contribution is 5.68. The van der Waals surface area contributed by atoms with Crippen LogP contribution in [0.4, 0.5) is 19.5 Å². The number of alkyl halides is 2. The van der Waals surface area contributed by atoms with Crippen molar-refractivity contribution in [2.75, 3.05) is 24.5 Å². The van der Waals surface area contributed by atoms with Gasteiger partial charge in [0.2, 0.25) is 5.95 Å². The van der Waals surface area contributed by atoms with Crippen LogP contribution in [-0.2, 0) is 17.1 Å². The molecule has 2 aromatic heterocycles. The van der Waals surface area contributed by atoms with Crippen LogP contribution in [0.15, 0.2) is 12.4 Å². The Balaban J connectivity index is 1.36. The lowest BCUT2D eigenvalue weighted by Crippen LogP contribution is -2.47. The monoisotopic (exact) mass is 474 g/mol. The first-order valence-electron chi connectivity index (χ1n) is 12.1. The lowest BCUT2D eigenvalue weighted by Gasteiger charge is -2.39. The van der Waals surface area contributed by atoms with E-state index in [0.717, 1.165) is 31.4 Å². The Hall–Kier alpha value is -2.78. The number of anilines is 1. The molecule has 34 heavy (non-hydrogen) atoms. The molecular formula is C24H32F2N6O2. The zero-order chi connectivity index (χ0) is 24.3. The molecule has 2 aliphatic heterocycles. The molecule has 1 aliphatic carbocycles. The van der Waals surface area contributed by atoms with Gasteiger partial charge in [-0.15, -0.1) is 0 Å². The molecule has 3 aliphatic rings.